The van der Waals surface area contributed by atoms with Crippen molar-refractivity contribution >= 4 is 17.8 Å². The average Bonchev–Trinajstić information content (AvgIpc) is 3.26. The fraction of sp³-hybridized carbons (Fsp3) is 0.476. The topological polar surface area (TPSA) is 87.3 Å². The number of anilines is 1. The van der Waals surface area contributed by atoms with Gasteiger partial charge in [-0.3, -0.25) is 9.89 Å². The number of aromatic amines is 1. The van der Waals surface area contributed by atoms with Crippen LogP contribution < -0.4 is 5.32 Å². The van der Waals surface area contributed by atoms with Gasteiger partial charge in [0.2, 0.25) is 0 Å². The molecule has 28 heavy (non-hydrogen) atoms. The zero-order chi connectivity index (χ0) is 19.9. The molecule has 0 bridgehead atoms. The van der Waals surface area contributed by atoms with Gasteiger partial charge in [0.15, 0.2) is 5.82 Å². The number of nitrogens with zero attached hydrogens (tertiary/aromatic N) is 2. The molecule has 2 aliphatic rings. The number of H-pyrrole nitrogens is 1. The number of aromatic nitrogens is 2. The van der Waals surface area contributed by atoms with Gasteiger partial charge in [-0.25, -0.2) is 4.79 Å². The molecule has 0 saturated heterocycles. The Bertz CT molecular complexity index is 926. The Hall–Kier alpha value is -2.83. The lowest BCUT2D eigenvalue weighted by atomic mass is 10.1. The fourth-order valence-corrected chi connectivity index (χ4v) is 3.80. The molecule has 0 spiro atoms. The predicted molar refractivity (Wildman–Crippen MR) is 105 cm³/mol. The lowest BCUT2D eigenvalue weighted by molar-refractivity contribution is 0.0221. The molecule has 0 atom stereocenters. The summed E-state index contributed by atoms with van der Waals surface area (Å²) in [7, 11) is 0. The van der Waals surface area contributed by atoms with Crippen molar-refractivity contribution in [3.8, 4) is 0 Å². The molecule has 1 aliphatic carbocycles. The number of hydrogen-bond acceptors (Lipinski definition) is 4. The van der Waals surface area contributed by atoms with Crippen LogP contribution in [0, 0.1) is 0 Å². The van der Waals surface area contributed by atoms with Crippen LogP contribution in [-0.2, 0) is 30.5 Å². The average molecular weight is 382 g/mol. The molecule has 2 amide bonds. The summed E-state index contributed by atoms with van der Waals surface area (Å²) in [6.45, 7) is 6.48. The van der Waals surface area contributed by atoms with Gasteiger partial charge in [0.25, 0.3) is 5.91 Å². The van der Waals surface area contributed by atoms with E-state index in [-0.39, 0.29) is 12.0 Å². The maximum atomic E-state index is 12.7. The molecule has 0 radical (unpaired) electrons. The molecule has 1 aliphatic heterocycles. The van der Waals surface area contributed by atoms with Crippen molar-refractivity contribution in [3.05, 3.63) is 46.1 Å². The Morgan fingerprint density at radius 3 is 2.75 bits per heavy atom. The van der Waals surface area contributed by atoms with E-state index in [1.807, 2.05) is 32.9 Å². The highest BCUT2D eigenvalue weighted by atomic mass is 16.6. The Kier molecular flexibility index (Phi) is 4.61. The second-order valence-corrected chi connectivity index (χ2v) is 8.47. The number of carbonyl (C=O) groups excluding carboxylic acids is 2. The smallest absolute Gasteiger partial charge is 0.410 e. The van der Waals surface area contributed by atoms with Gasteiger partial charge in [0, 0.05) is 17.7 Å². The van der Waals surface area contributed by atoms with Crippen molar-refractivity contribution in [3.63, 3.8) is 0 Å². The number of amides is 2. The molecule has 2 heterocycles. The number of fused-ring (bicyclic) bond motifs is 2. The summed E-state index contributed by atoms with van der Waals surface area (Å²) in [5.41, 5.74) is 4.53. The van der Waals surface area contributed by atoms with Gasteiger partial charge in [0.05, 0.1) is 12.2 Å². The van der Waals surface area contributed by atoms with Gasteiger partial charge in [0.1, 0.15) is 5.60 Å². The van der Waals surface area contributed by atoms with Crippen LogP contribution in [0.15, 0.2) is 18.2 Å². The van der Waals surface area contributed by atoms with Crippen LogP contribution in [0.1, 0.15) is 59.9 Å². The molecule has 1 aromatic heterocycles. The lowest BCUT2D eigenvalue weighted by Gasteiger charge is -2.29. The third-order valence-electron chi connectivity index (χ3n) is 5.18. The van der Waals surface area contributed by atoms with E-state index in [2.05, 4.69) is 21.6 Å². The molecule has 7 heteroatoms. The number of aryl methyl sites for hydroxylation is 2. The first-order chi connectivity index (χ1) is 13.3. The van der Waals surface area contributed by atoms with Crippen molar-refractivity contribution in [2.45, 2.75) is 58.6 Å². The Morgan fingerprint density at radius 1 is 1.18 bits per heavy atom. The summed E-state index contributed by atoms with van der Waals surface area (Å²) in [6.07, 6.45) is 3.57. The van der Waals surface area contributed by atoms with E-state index >= 15 is 0 Å². The van der Waals surface area contributed by atoms with Crippen molar-refractivity contribution < 1.29 is 14.3 Å². The van der Waals surface area contributed by atoms with Gasteiger partial charge >= 0.3 is 6.09 Å². The minimum Gasteiger partial charge on any atom is -0.444 e. The van der Waals surface area contributed by atoms with Crippen LogP contribution in [-0.4, -0.2) is 39.2 Å². The highest BCUT2D eigenvalue weighted by molar-refractivity contribution is 6.04. The molecule has 2 aromatic rings. The van der Waals surface area contributed by atoms with Crippen LogP contribution in [0.5, 0.6) is 0 Å². The molecule has 148 valence electrons. The maximum Gasteiger partial charge on any atom is 0.410 e. The first-order valence-electron chi connectivity index (χ1n) is 9.77. The highest BCUT2D eigenvalue weighted by Crippen LogP contribution is 2.26. The largest absolute Gasteiger partial charge is 0.444 e. The minimum absolute atomic E-state index is 0.154. The van der Waals surface area contributed by atoms with E-state index in [0.717, 1.165) is 30.5 Å². The summed E-state index contributed by atoms with van der Waals surface area (Å²) in [6, 6.07) is 5.92. The zero-order valence-electron chi connectivity index (χ0n) is 16.6. The van der Waals surface area contributed by atoms with E-state index in [4.69, 9.17) is 4.74 Å². The van der Waals surface area contributed by atoms with Crippen molar-refractivity contribution in [2.75, 3.05) is 11.9 Å². The predicted octanol–water partition coefficient (Wildman–Crippen LogP) is 3.44. The number of benzene rings is 1. The van der Waals surface area contributed by atoms with Crippen molar-refractivity contribution in [1.29, 1.82) is 0 Å². The second-order valence-electron chi connectivity index (χ2n) is 8.47. The Labute approximate surface area is 164 Å². The second kappa shape index (κ2) is 6.96. The first-order valence-corrected chi connectivity index (χ1v) is 9.77. The van der Waals surface area contributed by atoms with Gasteiger partial charge in [-0.1, -0.05) is 6.07 Å². The molecule has 1 aromatic carbocycles. The number of carbonyl (C=O) groups is 2. The van der Waals surface area contributed by atoms with Crippen molar-refractivity contribution in [1.82, 2.24) is 15.1 Å². The van der Waals surface area contributed by atoms with Gasteiger partial charge in [-0.15, -0.1) is 0 Å². The lowest BCUT2D eigenvalue weighted by Crippen LogP contribution is -2.39. The Morgan fingerprint density at radius 2 is 1.96 bits per heavy atom. The van der Waals surface area contributed by atoms with Crippen LogP contribution in [0.25, 0.3) is 0 Å². The molecule has 0 fully saturated rings. The summed E-state index contributed by atoms with van der Waals surface area (Å²) in [5, 5.41) is 10.2. The van der Waals surface area contributed by atoms with Gasteiger partial charge in [-0.2, -0.15) is 5.10 Å². The van der Waals surface area contributed by atoms with Crippen molar-refractivity contribution in [2.24, 2.45) is 0 Å². The summed E-state index contributed by atoms with van der Waals surface area (Å²) in [5.74, 6) is 0.392. The first kappa shape index (κ1) is 18.5. The van der Waals surface area contributed by atoms with E-state index in [9.17, 15) is 9.59 Å². The Balaban J connectivity index is 1.44. The third kappa shape index (κ3) is 3.74. The van der Waals surface area contributed by atoms with Gasteiger partial charge in [-0.05, 0) is 69.7 Å². The van der Waals surface area contributed by atoms with E-state index in [1.165, 1.54) is 11.1 Å². The zero-order valence-corrected chi connectivity index (χ0v) is 16.6. The fourth-order valence-electron chi connectivity index (χ4n) is 3.80. The van der Waals surface area contributed by atoms with Crippen LogP contribution in [0.3, 0.4) is 0 Å². The molecule has 0 saturated carbocycles. The van der Waals surface area contributed by atoms with Crippen LogP contribution in [0.4, 0.5) is 10.6 Å². The standard InChI is InChI=1S/C21H26N4O3/c1-21(2,3)28-20(27)25-10-9-16-17(12-25)23-24-18(16)22-19(26)15-8-7-13-5-4-6-14(13)11-15/h7-8,11H,4-6,9-10,12H2,1-3H3,(H2,22,23,24,26). The SMILES string of the molecule is CC(C)(C)OC(=O)N1CCc2c(NC(=O)c3ccc4c(c3)CCC4)n[nH]c2C1. The molecular weight excluding hydrogens is 356 g/mol. The highest BCUT2D eigenvalue weighted by Gasteiger charge is 2.29. The number of rotatable bonds is 2. The maximum absolute atomic E-state index is 12.7. The number of ether oxygens (including phenoxy) is 1. The molecule has 0 unspecified atom stereocenters. The minimum atomic E-state index is -0.527. The monoisotopic (exact) mass is 382 g/mol. The number of hydrogen-bond donors (Lipinski definition) is 2. The van der Waals surface area contributed by atoms with Crippen LogP contribution in [0.2, 0.25) is 0 Å². The normalized spacial score (nSPS) is 15.8. The van der Waals surface area contributed by atoms with E-state index in [0.29, 0.717) is 30.9 Å². The summed E-state index contributed by atoms with van der Waals surface area (Å²) in [4.78, 5) is 26.6. The van der Waals surface area contributed by atoms with Crippen LogP contribution >= 0.6 is 0 Å². The molecule has 7 nitrogen and oxygen atoms in total. The summed E-state index contributed by atoms with van der Waals surface area (Å²) >= 11 is 0. The molecule has 4 rings (SSSR count). The summed E-state index contributed by atoms with van der Waals surface area (Å²) < 4.78 is 5.44. The molecule has 2 N–H and O–H groups in total. The van der Waals surface area contributed by atoms with Gasteiger partial charge < -0.3 is 15.0 Å². The number of nitrogens with one attached hydrogen (secondary N) is 2. The molecular formula is C21H26N4O3. The quantitative estimate of drug-likeness (QED) is 0.833. The third-order valence-corrected chi connectivity index (χ3v) is 5.18. The van der Waals surface area contributed by atoms with E-state index in [1.54, 1.807) is 4.90 Å². The van der Waals surface area contributed by atoms with E-state index < -0.39 is 5.60 Å².